The van der Waals surface area contributed by atoms with Crippen LogP contribution in [-0.4, -0.2) is 32.4 Å². The second-order valence-electron chi connectivity index (χ2n) is 5.32. The molecule has 0 spiro atoms. The average Bonchev–Trinajstić information content (AvgIpc) is 3.08. The lowest BCUT2D eigenvalue weighted by Crippen LogP contribution is -2.20. The number of benzene rings is 2. The summed E-state index contributed by atoms with van der Waals surface area (Å²) in [6.45, 7) is 0.244. The van der Waals surface area contributed by atoms with E-state index in [-0.39, 0.29) is 13.4 Å². The number of carbonyl (C=O) groups excluding carboxylic acids is 2. The van der Waals surface area contributed by atoms with E-state index in [1.807, 2.05) is 0 Å². The van der Waals surface area contributed by atoms with Crippen LogP contribution in [0.5, 0.6) is 11.5 Å². The molecule has 1 N–H and O–H groups in total. The Morgan fingerprint density at radius 2 is 1.84 bits per heavy atom. The number of hydrogen-bond acceptors (Lipinski definition) is 6. The zero-order valence-electron chi connectivity index (χ0n) is 13.6. The van der Waals surface area contributed by atoms with E-state index >= 15 is 0 Å². The Morgan fingerprint density at radius 3 is 2.60 bits per heavy atom. The standard InChI is InChI=1S/C18H17NO6/c1-22-9-12-2-4-13(5-3-12)18(21)23-10-17(20)19-14-6-7-15-16(8-14)25-11-24-15/h2-8H,9-11H2,1H3,(H,19,20). The van der Waals surface area contributed by atoms with Gasteiger partial charge in [0.2, 0.25) is 6.79 Å². The van der Waals surface area contributed by atoms with Crippen LogP contribution in [-0.2, 0) is 20.9 Å². The van der Waals surface area contributed by atoms with Crippen LogP contribution in [0.4, 0.5) is 5.69 Å². The molecule has 0 bridgehead atoms. The number of carbonyl (C=O) groups is 2. The van der Waals surface area contributed by atoms with Gasteiger partial charge in [0, 0.05) is 18.9 Å². The van der Waals surface area contributed by atoms with Crippen molar-refractivity contribution in [3.05, 3.63) is 53.6 Å². The smallest absolute Gasteiger partial charge is 0.338 e. The van der Waals surface area contributed by atoms with Crippen LogP contribution >= 0.6 is 0 Å². The predicted octanol–water partition coefficient (Wildman–Crippen LogP) is 2.36. The summed E-state index contributed by atoms with van der Waals surface area (Å²) >= 11 is 0. The predicted molar refractivity (Wildman–Crippen MR) is 88.6 cm³/mol. The fourth-order valence-corrected chi connectivity index (χ4v) is 2.29. The topological polar surface area (TPSA) is 83.1 Å². The van der Waals surface area contributed by atoms with E-state index in [2.05, 4.69) is 5.32 Å². The Hall–Kier alpha value is -3.06. The third-order valence-electron chi connectivity index (χ3n) is 3.49. The number of rotatable bonds is 6. The fraction of sp³-hybridized carbons (Fsp3) is 0.222. The van der Waals surface area contributed by atoms with Crippen molar-refractivity contribution in [3.63, 3.8) is 0 Å². The highest BCUT2D eigenvalue weighted by atomic mass is 16.7. The fourth-order valence-electron chi connectivity index (χ4n) is 2.29. The third-order valence-corrected chi connectivity index (χ3v) is 3.49. The van der Waals surface area contributed by atoms with Gasteiger partial charge in [-0.3, -0.25) is 4.79 Å². The summed E-state index contributed by atoms with van der Waals surface area (Å²) in [4.78, 5) is 23.9. The SMILES string of the molecule is COCc1ccc(C(=O)OCC(=O)Nc2ccc3c(c2)OCO3)cc1. The van der Waals surface area contributed by atoms with Crippen molar-refractivity contribution in [2.45, 2.75) is 6.61 Å². The lowest BCUT2D eigenvalue weighted by atomic mass is 10.1. The number of amides is 1. The Bertz CT molecular complexity index is 772. The highest BCUT2D eigenvalue weighted by molar-refractivity contribution is 5.95. The van der Waals surface area contributed by atoms with Crippen molar-refractivity contribution < 1.29 is 28.5 Å². The highest BCUT2D eigenvalue weighted by Crippen LogP contribution is 2.34. The first-order valence-electron chi connectivity index (χ1n) is 7.60. The minimum absolute atomic E-state index is 0.160. The van der Waals surface area contributed by atoms with Gasteiger partial charge in [0.15, 0.2) is 18.1 Å². The van der Waals surface area contributed by atoms with Gasteiger partial charge in [0.1, 0.15) is 0 Å². The maximum Gasteiger partial charge on any atom is 0.338 e. The first-order valence-corrected chi connectivity index (χ1v) is 7.60. The van der Waals surface area contributed by atoms with Crippen LogP contribution in [0.3, 0.4) is 0 Å². The Morgan fingerprint density at radius 1 is 1.08 bits per heavy atom. The molecule has 25 heavy (non-hydrogen) atoms. The van der Waals surface area contributed by atoms with E-state index in [9.17, 15) is 9.59 Å². The lowest BCUT2D eigenvalue weighted by molar-refractivity contribution is -0.119. The van der Waals surface area contributed by atoms with Crippen molar-refractivity contribution in [2.24, 2.45) is 0 Å². The lowest BCUT2D eigenvalue weighted by Gasteiger charge is -2.08. The van der Waals surface area contributed by atoms with E-state index in [1.54, 1.807) is 49.6 Å². The molecule has 0 saturated carbocycles. The molecule has 7 heteroatoms. The van der Waals surface area contributed by atoms with Gasteiger partial charge in [0.25, 0.3) is 5.91 Å². The summed E-state index contributed by atoms with van der Waals surface area (Å²) in [7, 11) is 1.60. The van der Waals surface area contributed by atoms with Gasteiger partial charge in [-0.1, -0.05) is 12.1 Å². The molecule has 2 aromatic carbocycles. The van der Waals surface area contributed by atoms with Crippen LogP contribution < -0.4 is 14.8 Å². The van der Waals surface area contributed by atoms with Crippen molar-refractivity contribution in [2.75, 3.05) is 25.8 Å². The maximum absolute atomic E-state index is 12.0. The monoisotopic (exact) mass is 343 g/mol. The van der Waals surface area contributed by atoms with Crippen LogP contribution in [0.25, 0.3) is 0 Å². The van der Waals surface area contributed by atoms with Gasteiger partial charge in [-0.05, 0) is 29.8 Å². The molecule has 7 nitrogen and oxygen atoms in total. The van der Waals surface area contributed by atoms with Crippen molar-refractivity contribution >= 4 is 17.6 Å². The van der Waals surface area contributed by atoms with E-state index in [0.29, 0.717) is 29.4 Å². The number of hydrogen-bond donors (Lipinski definition) is 1. The molecule has 1 amide bonds. The van der Waals surface area contributed by atoms with E-state index in [1.165, 1.54) is 0 Å². The number of methoxy groups -OCH3 is 1. The number of nitrogens with one attached hydrogen (secondary N) is 1. The molecule has 0 aromatic heterocycles. The van der Waals surface area contributed by atoms with Crippen LogP contribution in [0.1, 0.15) is 15.9 Å². The van der Waals surface area contributed by atoms with Gasteiger partial charge >= 0.3 is 5.97 Å². The van der Waals surface area contributed by atoms with Gasteiger partial charge in [-0.15, -0.1) is 0 Å². The second-order valence-corrected chi connectivity index (χ2v) is 5.32. The molecule has 1 aliphatic rings. The number of anilines is 1. The van der Waals surface area contributed by atoms with Crippen LogP contribution in [0.15, 0.2) is 42.5 Å². The van der Waals surface area contributed by atoms with Crippen LogP contribution in [0.2, 0.25) is 0 Å². The number of esters is 1. The molecule has 0 saturated heterocycles. The zero-order valence-corrected chi connectivity index (χ0v) is 13.6. The van der Waals surface area contributed by atoms with Crippen molar-refractivity contribution in [3.8, 4) is 11.5 Å². The zero-order chi connectivity index (χ0) is 17.6. The minimum Gasteiger partial charge on any atom is -0.454 e. The first-order chi connectivity index (χ1) is 12.2. The summed E-state index contributed by atoms with van der Waals surface area (Å²) in [6.07, 6.45) is 0. The van der Waals surface area contributed by atoms with Crippen LogP contribution in [0, 0.1) is 0 Å². The molecule has 0 atom stereocenters. The van der Waals surface area contributed by atoms with Crippen molar-refractivity contribution in [1.82, 2.24) is 0 Å². The second kappa shape index (κ2) is 7.67. The Kier molecular flexibility index (Phi) is 5.15. The van der Waals surface area contributed by atoms with Crippen molar-refractivity contribution in [1.29, 1.82) is 0 Å². The molecule has 1 aliphatic heterocycles. The molecule has 0 unspecified atom stereocenters. The van der Waals surface area contributed by atoms with E-state index in [4.69, 9.17) is 18.9 Å². The third kappa shape index (κ3) is 4.27. The minimum atomic E-state index is -0.565. The van der Waals surface area contributed by atoms with E-state index < -0.39 is 11.9 Å². The Labute approximate surface area is 144 Å². The molecule has 1 heterocycles. The molecule has 3 rings (SSSR count). The van der Waals surface area contributed by atoms with Gasteiger partial charge in [0.05, 0.1) is 12.2 Å². The molecule has 0 aliphatic carbocycles. The summed E-state index contributed by atoms with van der Waals surface area (Å²) in [6, 6.07) is 11.8. The molecular weight excluding hydrogens is 326 g/mol. The molecule has 0 radical (unpaired) electrons. The number of fused-ring (bicyclic) bond motifs is 1. The summed E-state index contributed by atoms with van der Waals surface area (Å²) in [5.41, 5.74) is 1.85. The van der Waals surface area contributed by atoms with Gasteiger partial charge < -0.3 is 24.3 Å². The summed E-state index contributed by atoms with van der Waals surface area (Å²) < 4.78 is 20.5. The first kappa shape index (κ1) is 16.8. The molecule has 2 aromatic rings. The molecule has 130 valence electrons. The maximum atomic E-state index is 12.0. The number of ether oxygens (including phenoxy) is 4. The molecular formula is C18H17NO6. The molecule has 0 fully saturated rings. The quantitative estimate of drug-likeness (QED) is 0.811. The summed E-state index contributed by atoms with van der Waals surface area (Å²) in [5, 5.41) is 2.64. The largest absolute Gasteiger partial charge is 0.454 e. The average molecular weight is 343 g/mol. The highest BCUT2D eigenvalue weighted by Gasteiger charge is 2.15. The van der Waals surface area contributed by atoms with Gasteiger partial charge in [-0.25, -0.2) is 4.79 Å². The van der Waals surface area contributed by atoms with Gasteiger partial charge in [-0.2, -0.15) is 0 Å². The Balaban J connectivity index is 1.50. The summed E-state index contributed by atoms with van der Waals surface area (Å²) in [5.74, 6) is 0.181. The normalized spacial score (nSPS) is 11.9. The van der Waals surface area contributed by atoms with E-state index in [0.717, 1.165) is 5.56 Å².